The lowest BCUT2D eigenvalue weighted by Crippen LogP contribution is -2.09. The molecule has 0 aliphatic carbocycles. The zero-order valence-corrected chi connectivity index (χ0v) is 15.0. The van der Waals surface area contributed by atoms with Gasteiger partial charge in [-0.1, -0.05) is 12.1 Å². The SMILES string of the molecule is COc1cc(C2=NNC(c3ccc4cc[nH]c4c3)C2)cc(OC)c1OC. The fourth-order valence-electron chi connectivity index (χ4n) is 3.35. The molecule has 1 unspecified atom stereocenters. The molecule has 4 rings (SSSR count). The van der Waals surface area contributed by atoms with Gasteiger partial charge < -0.3 is 24.6 Å². The van der Waals surface area contributed by atoms with E-state index in [-0.39, 0.29) is 6.04 Å². The average Bonchev–Trinajstić information content (AvgIpc) is 3.35. The van der Waals surface area contributed by atoms with Gasteiger partial charge in [0.25, 0.3) is 0 Å². The molecule has 134 valence electrons. The van der Waals surface area contributed by atoms with Crippen LogP contribution in [0.3, 0.4) is 0 Å². The predicted molar refractivity (Wildman–Crippen MR) is 101 cm³/mol. The van der Waals surface area contributed by atoms with Crippen molar-refractivity contribution in [3.63, 3.8) is 0 Å². The van der Waals surface area contributed by atoms with Gasteiger partial charge in [0.05, 0.1) is 33.1 Å². The van der Waals surface area contributed by atoms with E-state index in [2.05, 4.69) is 39.8 Å². The number of benzene rings is 2. The lowest BCUT2D eigenvalue weighted by molar-refractivity contribution is 0.324. The van der Waals surface area contributed by atoms with Gasteiger partial charge in [-0.3, -0.25) is 0 Å². The molecule has 6 heteroatoms. The maximum absolute atomic E-state index is 5.45. The van der Waals surface area contributed by atoms with Crippen LogP contribution >= 0.6 is 0 Å². The third-order valence-corrected chi connectivity index (χ3v) is 4.73. The Morgan fingerprint density at radius 3 is 2.42 bits per heavy atom. The lowest BCUT2D eigenvalue weighted by Gasteiger charge is -2.14. The molecule has 0 spiro atoms. The average molecular weight is 351 g/mol. The third-order valence-electron chi connectivity index (χ3n) is 4.73. The normalized spacial score (nSPS) is 16.3. The number of hydrogen-bond donors (Lipinski definition) is 2. The van der Waals surface area contributed by atoms with Gasteiger partial charge in [-0.25, -0.2) is 0 Å². The van der Waals surface area contributed by atoms with Crippen molar-refractivity contribution in [2.75, 3.05) is 21.3 Å². The van der Waals surface area contributed by atoms with Gasteiger partial charge in [0.1, 0.15) is 0 Å². The van der Waals surface area contributed by atoms with Gasteiger partial charge in [0.15, 0.2) is 11.5 Å². The van der Waals surface area contributed by atoms with Crippen LogP contribution in [-0.2, 0) is 0 Å². The first kappa shape index (κ1) is 16.3. The zero-order valence-electron chi connectivity index (χ0n) is 15.0. The summed E-state index contributed by atoms with van der Waals surface area (Å²) in [6.45, 7) is 0. The van der Waals surface area contributed by atoms with Crippen LogP contribution in [0.5, 0.6) is 17.2 Å². The number of nitrogens with zero attached hydrogens (tertiary/aromatic N) is 1. The second kappa shape index (κ2) is 6.63. The van der Waals surface area contributed by atoms with Crippen molar-refractivity contribution in [3.8, 4) is 17.2 Å². The van der Waals surface area contributed by atoms with Gasteiger partial charge in [-0.2, -0.15) is 5.10 Å². The van der Waals surface area contributed by atoms with Gasteiger partial charge >= 0.3 is 0 Å². The molecule has 0 fully saturated rings. The number of ether oxygens (including phenoxy) is 3. The maximum Gasteiger partial charge on any atom is 0.203 e. The highest BCUT2D eigenvalue weighted by Gasteiger charge is 2.24. The molecule has 0 bridgehead atoms. The molecule has 0 radical (unpaired) electrons. The number of aromatic nitrogens is 1. The quantitative estimate of drug-likeness (QED) is 0.736. The predicted octanol–water partition coefficient (Wildman–Crippen LogP) is 3.63. The Morgan fingerprint density at radius 2 is 1.73 bits per heavy atom. The smallest absolute Gasteiger partial charge is 0.203 e. The van der Waals surface area contributed by atoms with Crippen molar-refractivity contribution in [2.24, 2.45) is 5.10 Å². The summed E-state index contributed by atoms with van der Waals surface area (Å²) in [5.74, 6) is 1.83. The highest BCUT2D eigenvalue weighted by Crippen LogP contribution is 2.39. The Hall–Kier alpha value is -3.15. The van der Waals surface area contributed by atoms with Crippen molar-refractivity contribution >= 4 is 16.6 Å². The summed E-state index contributed by atoms with van der Waals surface area (Å²) in [7, 11) is 4.83. The van der Waals surface area contributed by atoms with E-state index in [1.54, 1.807) is 21.3 Å². The Labute approximate surface area is 151 Å². The van der Waals surface area contributed by atoms with Gasteiger partial charge in [-0.05, 0) is 35.2 Å². The fraction of sp³-hybridized carbons (Fsp3) is 0.250. The van der Waals surface area contributed by atoms with Crippen LogP contribution in [0.4, 0.5) is 0 Å². The van der Waals surface area contributed by atoms with E-state index in [9.17, 15) is 0 Å². The topological polar surface area (TPSA) is 67.9 Å². The molecule has 2 heterocycles. The molecule has 2 N–H and O–H groups in total. The Bertz CT molecular complexity index is 952. The zero-order chi connectivity index (χ0) is 18.1. The number of hydrogen-bond acceptors (Lipinski definition) is 5. The summed E-state index contributed by atoms with van der Waals surface area (Å²) < 4.78 is 16.3. The second-order valence-corrected chi connectivity index (χ2v) is 6.18. The third kappa shape index (κ3) is 2.73. The molecule has 26 heavy (non-hydrogen) atoms. The standard InChI is InChI=1S/C20H21N3O3/c1-24-18-9-14(10-19(25-2)20(18)26-3)17-11-16(22-23-17)13-5-4-12-6-7-21-15(12)8-13/h4-10,16,21-22H,11H2,1-3H3. The largest absolute Gasteiger partial charge is 0.493 e. The Kier molecular flexibility index (Phi) is 4.16. The van der Waals surface area contributed by atoms with Crippen LogP contribution < -0.4 is 19.6 Å². The number of fused-ring (bicyclic) bond motifs is 1. The molecule has 2 aromatic carbocycles. The molecule has 1 aromatic heterocycles. The van der Waals surface area contributed by atoms with Gasteiger partial charge in [0, 0.05) is 23.7 Å². The summed E-state index contributed by atoms with van der Waals surface area (Å²) in [4.78, 5) is 3.26. The summed E-state index contributed by atoms with van der Waals surface area (Å²) in [6.07, 6.45) is 2.74. The summed E-state index contributed by atoms with van der Waals surface area (Å²) >= 11 is 0. The van der Waals surface area contributed by atoms with E-state index < -0.39 is 0 Å². The van der Waals surface area contributed by atoms with Crippen LogP contribution in [0.25, 0.3) is 10.9 Å². The molecule has 0 saturated heterocycles. The number of aromatic amines is 1. The fourth-order valence-corrected chi connectivity index (χ4v) is 3.35. The summed E-state index contributed by atoms with van der Waals surface area (Å²) in [5, 5.41) is 5.75. The van der Waals surface area contributed by atoms with Crippen LogP contribution in [0, 0.1) is 0 Å². The van der Waals surface area contributed by atoms with E-state index in [0.717, 1.165) is 23.2 Å². The number of rotatable bonds is 5. The van der Waals surface area contributed by atoms with Crippen molar-refractivity contribution < 1.29 is 14.2 Å². The van der Waals surface area contributed by atoms with Crippen LogP contribution in [0.1, 0.15) is 23.6 Å². The van der Waals surface area contributed by atoms with Gasteiger partial charge in [-0.15, -0.1) is 0 Å². The monoisotopic (exact) mass is 351 g/mol. The minimum atomic E-state index is 0.136. The van der Waals surface area contributed by atoms with E-state index >= 15 is 0 Å². The first-order chi connectivity index (χ1) is 12.7. The molecule has 0 saturated carbocycles. The van der Waals surface area contributed by atoms with E-state index in [1.807, 2.05) is 18.3 Å². The Balaban J connectivity index is 1.61. The number of H-pyrrole nitrogens is 1. The van der Waals surface area contributed by atoms with Crippen molar-refractivity contribution in [1.29, 1.82) is 0 Å². The number of methoxy groups -OCH3 is 3. The molecular weight excluding hydrogens is 330 g/mol. The van der Waals surface area contributed by atoms with E-state index in [4.69, 9.17) is 14.2 Å². The van der Waals surface area contributed by atoms with Crippen molar-refractivity contribution in [1.82, 2.24) is 10.4 Å². The molecule has 1 aliphatic rings. The first-order valence-electron chi connectivity index (χ1n) is 8.43. The van der Waals surface area contributed by atoms with Crippen molar-refractivity contribution in [2.45, 2.75) is 12.5 Å². The van der Waals surface area contributed by atoms with E-state index in [0.29, 0.717) is 17.2 Å². The van der Waals surface area contributed by atoms with Crippen LogP contribution in [-0.4, -0.2) is 32.0 Å². The summed E-state index contributed by atoms with van der Waals surface area (Å²) in [6, 6.07) is 12.5. The first-order valence-corrected chi connectivity index (χ1v) is 8.43. The highest BCUT2D eigenvalue weighted by molar-refractivity contribution is 6.03. The highest BCUT2D eigenvalue weighted by atomic mass is 16.5. The minimum Gasteiger partial charge on any atom is -0.493 e. The maximum atomic E-state index is 5.45. The van der Waals surface area contributed by atoms with Crippen LogP contribution in [0.15, 0.2) is 47.7 Å². The minimum absolute atomic E-state index is 0.136. The molecule has 0 amide bonds. The molecule has 6 nitrogen and oxygen atoms in total. The van der Waals surface area contributed by atoms with E-state index in [1.165, 1.54) is 10.9 Å². The molecule has 3 aromatic rings. The second-order valence-electron chi connectivity index (χ2n) is 6.18. The number of hydrazone groups is 1. The lowest BCUT2D eigenvalue weighted by atomic mass is 9.98. The molecular formula is C20H21N3O3. The Morgan fingerprint density at radius 1 is 0.962 bits per heavy atom. The number of nitrogens with one attached hydrogen (secondary N) is 2. The van der Waals surface area contributed by atoms with Gasteiger partial charge in [0.2, 0.25) is 5.75 Å². The summed E-state index contributed by atoms with van der Waals surface area (Å²) in [5.41, 5.74) is 7.49. The molecule has 1 atom stereocenters. The molecule has 1 aliphatic heterocycles. The van der Waals surface area contributed by atoms with Crippen LogP contribution in [0.2, 0.25) is 0 Å². The van der Waals surface area contributed by atoms with Crippen molar-refractivity contribution in [3.05, 3.63) is 53.7 Å².